The lowest BCUT2D eigenvalue weighted by Crippen LogP contribution is -2.01. The predicted molar refractivity (Wildman–Crippen MR) is 28.3 cm³/mol. The van der Waals surface area contributed by atoms with E-state index >= 15 is 0 Å². The molecule has 0 atom stereocenters. The van der Waals surface area contributed by atoms with E-state index in [9.17, 15) is 4.79 Å². The third-order valence-corrected chi connectivity index (χ3v) is 0. The Morgan fingerprint density at radius 3 is 1.62 bits per heavy atom. The number of carbonyl (C=O) groups is 1. The Kier molecular flexibility index (Phi) is 8.75. The van der Waals surface area contributed by atoms with E-state index in [2.05, 4.69) is 5.73 Å². The Morgan fingerprint density at radius 1 is 1.62 bits per heavy atom. The largest absolute Gasteiger partial charge is 0.370 e. The van der Waals surface area contributed by atoms with Crippen LogP contribution < -0.4 is 5.73 Å². The Bertz CT molecular complexity index is 72.0. The van der Waals surface area contributed by atoms with Gasteiger partial charge in [0.05, 0.1) is 0 Å². The second-order valence-corrected chi connectivity index (χ2v) is 1.46. The highest BCUT2D eigenvalue weighted by molar-refractivity contribution is 7.30. The molecule has 0 heterocycles. The lowest BCUT2D eigenvalue weighted by molar-refractivity contribution is -0.115. The van der Waals surface area contributed by atoms with Crippen LogP contribution in [0.25, 0.3) is 0 Å². The summed E-state index contributed by atoms with van der Waals surface area (Å²) < 4.78 is 8.74. The Morgan fingerprint density at radius 2 is 1.62 bits per heavy atom. The van der Waals surface area contributed by atoms with Crippen molar-refractivity contribution in [1.29, 1.82) is 0 Å². The van der Waals surface area contributed by atoms with Crippen LogP contribution in [0.5, 0.6) is 0 Å². The van der Waals surface area contributed by atoms with Gasteiger partial charge >= 0.3 is 8.25 Å². The molecule has 0 radical (unpaired) electrons. The molecular formula is C2H8NO4P. The Hall–Kier alpha value is -0.380. The van der Waals surface area contributed by atoms with E-state index in [-0.39, 0.29) is 5.91 Å². The maximum atomic E-state index is 9.22. The van der Waals surface area contributed by atoms with Crippen molar-refractivity contribution in [2.45, 2.75) is 6.92 Å². The molecule has 0 aromatic carbocycles. The molecule has 0 fully saturated rings. The van der Waals surface area contributed by atoms with Gasteiger partial charge in [0.1, 0.15) is 0 Å². The molecule has 0 saturated carbocycles. The fourth-order valence-electron chi connectivity index (χ4n) is 0. The Labute approximate surface area is 47.1 Å². The van der Waals surface area contributed by atoms with Crippen LogP contribution in [0.4, 0.5) is 0 Å². The SMILES string of the molecule is CC(N)=O.O=[PH](O)O. The van der Waals surface area contributed by atoms with Gasteiger partial charge < -0.3 is 15.5 Å². The van der Waals surface area contributed by atoms with Crippen LogP contribution in [0, 0.1) is 0 Å². The highest BCUT2D eigenvalue weighted by Crippen LogP contribution is 1.98. The number of amides is 1. The van der Waals surface area contributed by atoms with Crippen molar-refractivity contribution in [3.05, 3.63) is 0 Å². The second kappa shape index (κ2) is 6.62. The maximum absolute atomic E-state index is 9.22. The fraction of sp³-hybridized carbons (Fsp3) is 0.500. The highest BCUT2D eigenvalue weighted by Gasteiger charge is 1.62. The van der Waals surface area contributed by atoms with Gasteiger partial charge in [-0.05, 0) is 0 Å². The number of carbonyl (C=O) groups excluding carboxylic acids is 1. The third-order valence-electron chi connectivity index (χ3n) is 0. The van der Waals surface area contributed by atoms with E-state index in [1.807, 2.05) is 0 Å². The smallest absolute Gasteiger partial charge is 0.314 e. The van der Waals surface area contributed by atoms with Gasteiger partial charge in [-0.3, -0.25) is 9.36 Å². The van der Waals surface area contributed by atoms with E-state index in [1.165, 1.54) is 6.92 Å². The average Bonchev–Trinajstić information content (AvgIpc) is 1.25. The quantitative estimate of drug-likeness (QED) is 0.371. The van der Waals surface area contributed by atoms with Gasteiger partial charge in [0.2, 0.25) is 5.91 Å². The molecule has 6 heteroatoms. The first-order chi connectivity index (χ1) is 3.46. The van der Waals surface area contributed by atoms with Gasteiger partial charge in [-0.25, -0.2) is 0 Å². The number of hydrogen-bond donors (Lipinski definition) is 3. The van der Waals surface area contributed by atoms with Crippen molar-refractivity contribution >= 4 is 14.2 Å². The standard InChI is InChI=1S/C2H5NO.H3O3P/c1-2(3)4;1-4(2)3/h1H3,(H2,3,4);4H,(H2,1,2,3). The number of hydrogen-bond acceptors (Lipinski definition) is 2. The molecule has 0 unspecified atom stereocenters. The Balaban J connectivity index is 0. The van der Waals surface area contributed by atoms with Crippen LogP contribution >= 0.6 is 8.25 Å². The molecule has 0 aromatic rings. The van der Waals surface area contributed by atoms with E-state index in [0.29, 0.717) is 0 Å². The summed E-state index contributed by atoms with van der Waals surface area (Å²) in [6.07, 6.45) is 0. The lowest BCUT2D eigenvalue weighted by atomic mass is 10.8. The predicted octanol–water partition coefficient (Wildman–Crippen LogP) is -1.15. The van der Waals surface area contributed by atoms with Crippen LogP contribution in [-0.2, 0) is 9.36 Å². The molecule has 1 amide bonds. The van der Waals surface area contributed by atoms with Crippen molar-refractivity contribution in [2.24, 2.45) is 5.73 Å². The van der Waals surface area contributed by atoms with E-state index in [4.69, 9.17) is 14.4 Å². The van der Waals surface area contributed by atoms with Crippen LogP contribution in [0.15, 0.2) is 0 Å². The van der Waals surface area contributed by atoms with Crippen molar-refractivity contribution < 1.29 is 19.1 Å². The molecule has 0 aliphatic rings. The maximum Gasteiger partial charge on any atom is 0.314 e. The van der Waals surface area contributed by atoms with Gasteiger partial charge in [-0.2, -0.15) is 0 Å². The zero-order chi connectivity index (χ0) is 7.15. The normalized spacial score (nSPS) is 7.50. The van der Waals surface area contributed by atoms with Crippen molar-refractivity contribution in [1.82, 2.24) is 0 Å². The van der Waals surface area contributed by atoms with Gasteiger partial charge in [0.25, 0.3) is 0 Å². The summed E-state index contributed by atoms with van der Waals surface area (Å²) in [6, 6.07) is 0. The van der Waals surface area contributed by atoms with Gasteiger partial charge in [0.15, 0.2) is 0 Å². The van der Waals surface area contributed by atoms with E-state index in [0.717, 1.165) is 0 Å². The monoisotopic (exact) mass is 141 g/mol. The summed E-state index contributed by atoms with van der Waals surface area (Å²) in [5, 5.41) is 0. The first-order valence-electron chi connectivity index (χ1n) is 1.64. The topological polar surface area (TPSA) is 101 Å². The lowest BCUT2D eigenvalue weighted by Gasteiger charge is -1.61. The molecule has 0 rings (SSSR count). The van der Waals surface area contributed by atoms with Gasteiger partial charge in [0, 0.05) is 6.92 Å². The van der Waals surface area contributed by atoms with Crippen LogP contribution in [-0.4, -0.2) is 15.7 Å². The average molecular weight is 141 g/mol. The molecule has 0 aliphatic heterocycles. The summed E-state index contributed by atoms with van der Waals surface area (Å²) in [7, 11) is -3.13. The first kappa shape index (κ1) is 10.6. The molecule has 0 bridgehead atoms. The van der Waals surface area contributed by atoms with Gasteiger partial charge in [-0.15, -0.1) is 0 Å². The minimum absolute atomic E-state index is 0.333. The van der Waals surface area contributed by atoms with Crippen LogP contribution in [0.1, 0.15) is 6.92 Å². The highest BCUT2D eigenvalue weighted by atomic mass is 31.1. The molecule has 8 heavy (non-hydrogen) atoms. The number of primary amides is 1. The minimum atomic E-state index is -3.13. The molecule has 50 valence electrons. The number of rotatable bonds is 0. The molecule has 0 aliphatic carbocycles. The second-order valence-electron chi connectivity index (χ2n) is 0.893. The zero-order valence-electron chi connectivity index (χ0n) is 4.29. The molecule has 0 saturated heterocycles. The molecular weight excluding hydrogens is 133 g/mol. The first-order valence-corrected chi connectivity index (χ1v) is 2.95. The molecule has 0 aromatic heterocycles. The van der Waals surface area contributed by atoms with Crippen molar-refractivity contribution in [3.8, 4) is 0 Å². The summed E-state index contributed by atoms with van der Waals surface area (Å²) in [6.45, 7) is 1.31. The summed E-state index contributed by atoms with van der Waals surface area (Å²) in [5.74, 6) is -0.333. The third kappa shape index (κ3) is 831. The summed E-state index contributed by atoms with van der Waals surface area (Å²) >= 11 is 0. The van der Waals surface area contributed by atoms with E-state index in [1.54, 1.807) is 0 Å². The zero-order valence-corrected chi connectivity index (χ0v) is 5.29. The van der Waals surface area contributed by atoms with Crippen molar-refractivity contribution in [2.75, 3.05) is 0 Å². The minimum Gasteiger partial charge on any atom is -0.370 e. The van der Waals surface area contributed by atoms with Crippen molar-refractivity contribution in [3.63, 3.8) is 0 Å². The summed E-state index contributed by atoms with van der Waals surface area (Å²) in [4.78, 5) is 23.5. The molecule has 0 spiro atoms. The summed E-state index contributed by atoms with van der Waals surface area (Å²) in [5.41, 5.74) is 4.47. The fourth-order valence-corrected chi connectivity index (χ4v) is 0. The number of nitrogens with two attached hydrogens (primary N) is 1. The van der Waals surface area contributed by atoms with Crippen LogP contribution in [0.2, 0.25) is 0 Å². The van der Waals surface area contributed by atoms with Crippen LogP contribution in [0.3, 0.4) is 0 Å². The molecule has 5 nitrogen and oxygen atoms in total. The van der Waals surface area contributed by atoms with E-state index < -0.39 is 8.25 Å². The van der Waals surface area contributed by atoms with Gasteiger partial charge in [-0.1, -0.05) is 0 Å². The molecule has 4 N–H and O–H groups in total.